The van der Waals surface area contributed by atoms with Crippen LogP contribution in [0.5, 0.6) is 0 Å². The van der Waals surface area contributed by atoms with Gasteiger partial charge in [-0.05, 0) is 29.3 Å². The van der Waals surface area contributed by atoms with E-state index in [2.05, 4.69) is 26.1 Å². The minimum absolute atomic E-state index is 0.0594. The van der Waals surface area contributed by atoms with Crippen LogP contribution in [0.4, 0.5) is 0 Å². The summed E-state index contributed by atoms with van der Waals surface area (Å²) in [6, 6.07) is 14.8. The Kier molecular flexibility index (Phi) is 5.82. The van der Waals surface area contributed by atoms with Gasteiger partial charge in [0.25, 0.3) is 0 Å². The van der Waals surface area contributed by atoms with E-state index in [1.54, 1.807) is 24.4 Å². The number of ketones is 1. The molecule has 6 heteroatoms. The number of allylic oxidation sites excluding steroid dienone is 1. The van der Waals surface area contributed by atoms with Crippen molar-refractivity contribution < 1.29 is 4.79 Å². The van der Waals surface area contributed by atoms with Gasteiger partial charge in [0, 0.05) is 10.0 Å². The second-order valence-corrected chi connectivity index (χ2v) is 5.47. The molecular weight excluding hydrogens is 356 g/mol. The molecule has 2 aromatic carbocycles. The van der Waals surface area contributed by atoms with Gasteiger partial charge < -0.3 is 11.5 Å². The van der Waals surface area contributed by atoms with Gasteiger partial charge in [0.05, 0.1) is 6.21 Å². The number of benzene rings is 2. The standard InChI is InChI=1S/C17H15BrN4O/c18-15-4-2-1-3-14(15)16(23)10-9-12-5-7-13(8-6-12)11-21-22-17(19)20/h1-11H,(H4,19,20,22)/b10-9+,21-11+. The molecular formula is C17H15BrN4O. The second-order valence-electron chi connectivity index (χ2n) is 4.61. The molecule has 4 N–H and O–H groups in total. The monoisotopic (exact) mass is 370 g/mol. The lowest BCUT2D eigenvalue weighted by Gasteiger charge is -1.99. The van der Waals surface area contributed by atoms with Gasteiger partial charge in [0.15, 0.2) is 5.78 Å². The molecule has 0 amide bonds. The number of rotatable bonds is 5. The van der Waals surface area contributed by atoms with E-state index in [0.717, 1.165) is 15.6 Å². The lowest BCUT2D eigenvalue weighted by Crippen LogP contribution is -2.21. The molecule has 23 heavy (non-hydrogen) atoms. The van der Waals surface area contributed by atoms with Crippen LogP contribution in [0.25, 0.3) is 6.08 Å². The molecule has 0 atom stereocenters. The van der Waals surface area contributed by atoms with E-state index in [9.17, 15) is 4.79 Å². The summed E-state index contributed by atoms with van der Waals surface area (Å²) >= 11 is 3.37. The fourth-order valence-electron chi connectivity index (χ4n) is 1.78. The molecule has 116 valence electrons. The average molecular weight is 371 g/mol. The first-order valence-electron chi connectivity index (χ1n) is 6.75. The van der Waals surface area contributed by atoms with Gasteiger partial charge in [0.2, 0.25) is 5.96 Å². The molecule has 0 aliphatic carbocycles. The maximum atomic E-state index is 12.1. The Balaban J connectivity index is 2.06. The number of nitrogens with zero attached hydrogens (tertiary/aromatic N) is 2. The number of nitrogens with two attached hydrogens (primary N) is 2. The summed E-state index contributed by atoms with van der Waals surface area (Å²) in [4.78, 5) is 12.1. The smallest absolute Gasteiger partial charge is 0.211 e. The summed E-state index contributed by atoms with van der Waals surface area (Å²) < 4.78 is 0.779. The van der Waals surface area contributed by atoms with E-state index in [1.165, 1.54) is 0 Å². The van der Waals surface area contributed by atoms with Gasteiger partial charge in [-0.3, -0.25) is 4.79 Å². The molecule has 5 nitrogen and oxygen atoms in total. The van der Waals surface area contributed by atoms with Gasteiger partial charge in [-0.25, -0.2) is 0 Å². The Labute approximate surface area is 142 Å². The number of halogens is 1. The number of hydrogen-bond donors (Lipinski definition) is 2. The maximum absolute atomic E-state index is 12.1. The summed E-state index contributed by atoms with van der Waals surface area (Å²) in [5.41, 5.74) is 12.7. The number of carbonyl (C=O) groups excluding carboxylic acids is 1. The van der Waals surface area contributed by atoms with Crippen LogP contribution in [0, 0.1) is 0 Å². The Morgan fingerprint density at radius 1 is 1.00 bits per heavy atom. The third-order valence-corrected chi connectivity index (χ3v) is 3.57. The Hall–Kier alpha value is -2.73. The lowest BCUT2D eigenvalue weighted by atomic mass is 10.1. The first-order valence-corrected chi connectivity index (χ1v) is 7.54. The topological polar surface area (TPSA) is 93.8 Å². The molecule has 0 fully saturated rings. The minimum Gasteiger partial charge on any atom is -0.369 e. The molecule has 0 saturated heterocycles. The predicted octanol–water partition coefficient (Wildman–Crippen LogP) is 2.95. The van der Waals surface area contributed by atoms with E-state index >= 15 is 0 Å². The summed E-state index contributed by atoms with van der Waals surface area (Å²) in [5, 5.41) is 7.25. The summed E-state index contributed by atoms with van der Waals surface area (Å²) in [5.74, 6) is -0.151. The molecule has 0 unspecified atom stereocenters. The molecule has 0 saturated carbocycles. The fraction of sp³-hybridized carbons (Fsp3) is 0. The van der Waals surface area contributed by atoms with Gasteiger partial charge in [-0.2, -0.15) is 5.10 Å². The zero-order chi connectivity index (χ0) is 16.7. The van der Waals surface area contributed by atoms with Crippen molar-refractivity contribution in [3.05, 3.63) is 75.8 Å². The third kappa shape index (κ3) is 5.19. The Morgan fingerprint density at radius 3 is 2.30 bits per heavy atom. The average Bonchev–Trinajstić information content (AvgIpc) is 2.54. The van der Waals surface area contributed by atoms with Crippen molar-refractivity contribution in [1.29, 1.82) is 0 Å². The summed E-state index contributed by atoms with van der Waals surface area (Å²) in [7, 11) is 0. The molecule has 0 aromatic heterocycles. The molecule has 0 aliphatic rings. The zero-order valence-electron chi connectivity index (χ0n) is 12.2. The highest BCUT2D eigenvalue weighted by Crippen LogP contribution is 2.17. The van der Waals surface area contributed by atoms with Crippen molar-refractivity contribution in [3.8, 4) is 0 Å². The molecule has 0 spiro atoms. The van der Waals surface area contributed by atoms with Crippen molar-refractivity contribution >= 4 is 40.0 Å². The highest BCUT2D eigenvalue weighted by molar-refractivity contribution is 9.10. The van der Waals surface area contributed by atoms with Crippen LogP contribution in [-0.2, 0) is 0 Å². The Morgan fingerprint density at radius 2 is 1.65 bits per heavy atom. The lowest BCUT2D eigenvalue weighted by molar-refractivity contribution is 0.104. The van der Waals surface area contributed by atoms with Gasteiger partial charge >= 0.3 is 0 Å². The van der Waals surface area contributed by atoms with Crippen molar-refractivity contribution in [1.82, 2.24) is 0 Å². The third-order valence-electron chi connectivity index (χ3n) is 2.88. The molecule has 2 rings (SSSR count). The number of carbonyl (C=O) groups is 1. The molecule has 0 bridgehead atoms. The quantitative estimate of drug-likeness (QED) is 0.278. The normalized spacial score (nSPS) is 11.0. The fourth-order valence-corrected chi connectivity index (χ4v) is 2.26. The van der Waals surface area contributed by atoms with Crippen molar-refractivity contribution in [2.75, 3.05) is 0 Å². The van der Waals surface area contributed by atoms with Crippen LogP contribution in [0.3, 0.4) is 0 Å². The predicted molar refractivity (Wildman–Crippen MR) is 97.4 cm³/mol. The van der Waals surface area contributed by atoms with Gasteiger partial charge in [0.1, 0.15) is 0 Å². The molecule has 0 aliphatic heterocycles. The van der Waals surface area contributed by atoms with Crippen LogP contribution in [0.1, 0.15) is 21.5 Å². The first-order chi connectivity index (χ1) is 11.1. The van der Waals surface area contributed by atoms with Crippen LogP contribution < -0.4 is 11.5 Å². The summed E-state index contributed by atoms with van der Waals surface area (Å²) in [6.07, 6.45) is 4.85. The molecule has 2 aromatic rings. The highest BCUT2D eigenvalue weighted by atomic mass is 79.9. The second kappa shape index (κ2) is 8.05. The van der Waals surface area contributed by atoms with E-state index in [1.807, 2.05) is 42.5 Å². The highest BCUT2D eigenvalue weighted by Gasteiger charge is 2.05. The number of hydrogen-bond acceptors (Lipinski definition) is 3. The zero-order valence-corrected chi connectivity index (χ0v) is 13.8. The Bertz CT molecular complexity index is 775. The van der Waals surface area contributed by atoms with E-state index in [0.29, 0.717) is 5.56 Å². The van der Waals surface area contributed by atoms with Crippen molar-refractivity contribution in [2.45, 2.75) is 0 Å². The SMILES string of the molecule is NC(N)=N/N=C/c1ccc(/C=C/C(=O)c2ccccc2Br)cc1. The summed E-state index contributed by atoms with van der Waals surface area (Å²) in [6.45, 7) is 0. The van der Waals surface area contributed by atoms with Crippen LogP contribution >= 0.6 is 15.9 Å². The van der Waals surface area contributed by atoms with E-state index < -0.39 is 0 Å². The molecule has 0 heterocycles. The maximum Gasteiger partial charge on any atom is 0.211 e. The van der Waals surface area contributed by atoms with E-state index in [-0.39, 0.29) is 11.7 Å². The largest absolute Gasteiger partial charge is 0.369 e. The van der Waals surface area contributed by atoms with Crippen molar-refractivity contribution in [3.63, 3.8) is 0 Å². The van der Waals surface area contributed by atoms with Gasteiger partial charge in [-0.1, -0.05) is 58.4 Å². The van der Waals surface area contributed by atoms with E-state index in [4.69, 9.17) is 11.5 Å². The first kappa shape index (κ1) is 16.6. The van der Waals surface area contributed by atoms with Gasteiger partial charge in [-0.15, -0.1) is 5.10 Å². The van der Waals surface area contributed by atoms with Crippen LogP contribution in [-0.4, -0.2) is 18.0 Å². The minimum atomic E-state index is -0.0913. The van der Waals surface area contributed by atoms with Crippen LogP contribution in [0.2, 0.25) is 0 Å². The van der Waals surface area contributed by atoms with Crippen LogP contribution in [0.15, 0.2) is 69.3 Å². The van der Waals surface area contributed by atoms with Crippen molar-refractivity contribution in [2.24, 2.45) is 21.7 Å². The number of guanidine groups is 1. The molecule has 0 radical (unpaired) electrons.